The number of carbonyl (C=O) groups is 2. The zero-order valence-electron chi connectivity index (χ0n) is 15.2. The van der Waals surface area contributed by atoms with E-state index in [9.17, 15) is 9.59 Å². The summed E-state index contributed by atoms with van der Waals surface area (Å²) in [5.41, 5.74) is 0.726. The van der Waals surface area contributed by atoms with E-state index in [0.29, 0.717) is 49.3 Å². The second kappa shape index (κ2) is 8.35. The lowest BCUT2D eigenvalue weighted by atomic mass is 10.2. The van der Waals surface area contributed by atoms with E-state index in [0.717, 1.165) is 6.41 Å². The van der Waals surface area contributed by atoms with Crippen LogP contribution in [-0.2, 0) is 4.79 Å². The maximum absolute atomic E-state index is 12.6. The number of methoxy groups -OCH3 is 2. The summed E-state index contributed by atoms with van der Waals surface area (Å²) < 4.78 is 10.5. The third-order valence-corrected chi connectivity index (χ3v) is 4.28. The van der Waals surface area contributed by atoms with Gasteiger partial charge in [0.25, 0.3) is 5.91 Å². The minimum Gasteiger partial charge on any atom is -0.497 e. The maximum atomic E-state index is 12.6. The van der Waals surface area contributed by atoms with E-state index in [1.165, 1.54) is 7.11 Å². The molecular weight excluding hydrogens is 350 g/mol. The summed E-state index contributed by atoms with van der Waals surface area (Å²) >= 11 is 0. The van der Waals surface area contributed by atoms with Gasteiger partial charge < -0.3 is 24.6 Å². The fourth-order valence-corrected chi connectivity index (χ4v) is 2.75. The van der Waals surface area contributed by atoms with Crippen molar-refractivity contribution in [1.82, 2.24) is 14.9 Å². The highest BCUT2D eigenvalue weighted by atomic mass is 16.5. The first kappa shape index (κ1) is 18.4. The Bertz CT molecular complexity index is 821. The normalized spacial score (nSPS) is 13.9. The lowest BCUT2D eigenvalue weighted by molar-refractivity contribution is -0.118. The summed E-state index contributed by atoms with van der Waals surface area (Å²) in [6, 6.07) is 6.69. The molecule has 0 atom stereocenters. The summed E-state index contributed by atoms with van der Waals surface area (Å²) in [4.78, 5) is 35.7. The maximum Gasteiger partial charge on any atom is 0.274 e. The zero-order chi connectivity index (χ0) is 19.2. The van der Waals surface area contributed by atoms with Crippen LogP contribution in [0.5, 0.6) is 11.5 Å². The van der Waals surface area contributed by atoms with Crippen molar-refractivity contribution in [2.24, 2.45) is 0 Å². The quantitative estimate of drug-likeness (QED) is 0.757. The average Bonchev–Trinajstić information content (AvgIpc) is 2.73. The van der Waals surface area contributed by atoms with Crippen LogP contribution in [0.1, 0.15) is 10.5 Å². The Morgan fingerprint density at radius 1 is 1.15 bits per heavy atom. The molecule has 9 nitrogen and oxygen atoms in total. The Labute approximate surface area is 156 Å². The van der Waals surface area contributed by atoms with Crippen molar-refractivity contribution in [1.29, 1.82) is 0 Å². The number of benzene rings is 1. The molecule has 142 valence electrons. The molecule has 1 aliphatic heterocycles. The van der Waals surface area contributed by atoms with Crippen molar-refractivity contribution in [3.63, 3.8) is 0 Å². The number of nitrogens with zero attached hydrogens (tertiary/aromatic N) is 4. The Kier molecular flexibility index (Phi) is 5.70. The largest absolute Gasteiger partial charge is 0.497 e. The Morgan fingerprint density at radius 3 is 2.59 bits per heavy atom. The van der Waals surface area contributed by atoms with Crippen LogP contribution in [-0.4, -0.2) is 67.6 Å². The van der Waals surface area contributed by atoms with Crippen LogP contribution < -0.4 is 19.7 Å². The first-order valence-corrected chi connectivity index (χ1v) is 8.45. The molecule has 2 aromatic rings. The highest BCUT2D eigenvalue weighted by Crippen LogP contribution is 2.29. The van der Waals surface area contributed by atoms with E-state index >= 15 is 0 Å². The number of ether oxygens (including phenoxy) is 2. The first-order valence-electron chi connectivity index (χ1n) is 8.45. The second-order valence-electron chi connectivity index (χ2n) is 5.89. The van der Waals surface area contributed by atoms with E-state index in [-0.39, 0.29) is 11.6 Å². The van der Waals surface area contributed by atoms with E-state index in [1.807, 2.05) is 4.90 Å². The van der Waals surface area contributed by atoms with E-state index in [4.69, 9.17) is 9.47 Å². The molecule has 2 heterocycles. The molecule has 1 saturated heterocycles. The Hall–Kier alpha value is -3.36. The summed E-state index contributed by atoms with van der Waals surface area (Å²) in [6.07, 6.45) is 2.38. The molecule has 3 rings (SSSR count). The smallest absolute Gasteiger partial charge is 0.274 e. The van der Waals surface area contributed by atoms with Crippen LogP contribution in [0, 0.1) is 0 Å². The first-order chi connectivity index (χ1) is 13.1. The van der Waals surface area contributed by atoms with Gasteiger partial charge in [-0.1, -0.05) is 0 Å². The molecular formula is C18H21N5O4. The van der Waals surface area contributed by atoms with Gasteiger partial charge in [-0.3, -0.25) is 9.59 Å². The summed E-state index contributed by atoms with van der Waals surface area (Å²) in [5, 5.41) is 2.79. The van der Waals surface area contributed by atoms with Crippen LogP contribution >= 0.6 is 0 Å². The lowest BCUT2D eigenvalue weighted by Gasteiger charge is -2.32. The van der Waals surface area contributed by atoms with Crippen LogP contribution in [0.4, 0.5) is 11.6 Å². The van der Waals surface area contributed by atoms with Gasteiger partial charge in [0.1, 0.15) is 17.2 Å². The molecule has 0 saturated carbocycles. The number of hydrogen-bond donors (Lipinski definition) is 1. The monoisotopic (exact) mass is 371 g/mol. The van der Waals surface area contributed by atoms with Gasteiger partial charge in [-0.05, 0) is 18.2 Å². The lowest BCUT2D eigenvalue weighted by Crippen LogP contribution is -2.46. The molecule has 2 amide bonds. The highest BCUT2D eigenvalue weighted by molar-refractivity contribution is 6.03. The fraction of sp³-hybridized carbons (Fsp3) is 0.333. The molecule has 0 unspecified atom stereocenters. The van der Waals surface area contributed by atoms with E-state index in [1.54, 1.807) is 42.5 Å². The van der Waals surface area contributed by atoms with Gasteiger partial charge in [0.15, 0.2) is 0 Å². The molecule has 1 aromatic carbocycles. The zero-order valence-corrected chi connectivity index (χ0v) is 15.2. The molecule has 0 radical (unpaired) electrons. The van der Waals surface area contributed by atoms with Gasteiger partial charge in [0.2, 0.25) is 12.4 Å². The minimum absolute atomic E-state index is 0.239. The number of piperazine rings is 1. The molecule has 0 aliphatic carbocycles. The predicted octanol–water partition coefficient (Wildman–Crippen LogP) is 1.02. The van der Waals surface area contributed by atoms with Crippen LogP contribution in [0.15, 0.2) is 30.5 Å². The van der Waals surface area contributed by atoms with Crippen molar-refractivity contribution in [3.05, 3.63) is 36.2 Å². The predicted molar refractivity (Wildman–Crippen MR) is 99.4 cm³/mol. The molecule has 0 bridgehead atoms. The van der Waals surface area contributed by atoms with E-state index < -0.39 is 0 Å². The van der Waals surface area contributed by atoms with Crippen LogP contribution in [0.25, 0.3) is 0 Å². The van der Waals surface area contributed by atoms with Crippen molar-refractivity contribution in [2.75, 3.05) is 50.6 Å². The summed E-state index contributed by atoms with van der Waals surface area (Å²) in [5.74, 6) is 1.20. The van der Waals surface area contributed by atoms with E-state index in [2.05, 4.69) is 15.3 Å². The van der Waals surface area contributed by atoms with Gasteiger partial charge in [-0.2, -0.15) is 0 Å². The van der Waals surface area contributed by atoms with Gasteiger partial charge in [0.05, 0.1) is 19.9 Å². The van der Waals surface area contributed by atoms with Crippen LogP contribution in [0.2, 0.25) is 0 Å². The van der Waals surface area contributed by atoms with Crippen molar-refractivity contribution < 1.29 is 19.1 Å². The Balaban J connectivity index is 1.75. The van der Waals surface area contributed by atoms with Gasteiger partial charge in [-0.15, -0.1) is 0 Å². The number of amides is 2. The molecule has 1 aliphatic rings. The minimum atomic E-state index is -0.378. The highest BCUT2D eigenvalue weighted by Gasteiger charge is 2.19. The van der Waals surface area contributed by atoms with Crippen molar-refractivity contribution >= 4 is 24.0 Å². The molecule has 27 heavy (non-hydrogen) atoms. The molecule has 1 fully saturated rings. The number of nitrogens with one attached hydrogen (secondary N) is 1. The molecule has 1 aromatic heterocycles. The topological polar surface area (TPSA) is 96.9 Å². The number of anilines is 2. The van der Waals surface area contributed by atoms with Crippen LogP contribution in [0.3, 0.4) is 0 Å². The molecule has 0 spiro atoms. The molecule has 9 heteroatoms. The van der Waals surface area contributed by atoms with Crippen molar-refractivity contribution in [3.8, 4) is 11.5 Å². The number of aromatic nitrogens is 2. The SMILES string of the molecule is COc1ccc(OC)c(NC(=O)c2ccnc(N3CCN(C=O)CC3)n2)c1. The fourth-order valence-electron chi connectivity index (χ4n) is 2.75. The van der Waals surface area contributed by atoms with Gasteiger partial charge >= 0.3 is 0 Å². The third-order valence-electron chi connectivity index (χ3n) is 4.28. The molecule has 1 N–H and O–H groups in total. The standard InChI is InChI=1S/C18H21N5O4/c1-26-13-3-4-16(27-2)15(11-13)20-17(25)14-5-6-19-18(21-14)23-9-7-22(12-24)8-10-23/h3-6,11-12H,7-10H2,1-2H3,(H,20,25). The average molecular weight is 371 g/mol. The van der Waals surface area contributed by atoms with Gasteiger partial charge in [-0.25, -0.2) is 9.97 Å². The third kappa shape index (κ3) is 4.25. The summed E-state index contributed by atoms with van der Waals surface area (Å²) in [7, 11) is 3.08. The second-order valence-corrected chi connectivity index (χ2v) is 5.89. The van der Waals surface area contributed by atoms with Crippen molar-refractivity contribution in [2.45, 2.75) is 0 Å². The number of rotatable bonds is 6. The van der Waals surface area contributed by atoms with Gasteiger partial charge in [0, 0.05) is 38.4 Å². The Morgan fingerprint density at radius 2 is 1.93 bits per heavy atom. The summed E-state index contributed by atoms with van der Waals surface area (Å²) in [6.45, 7) is 2.44. The number of carbonyl (C=O) groups excluding carboxylic acids is 2. The number of hydrogen-bond acceptors (Lipinski definition) is 7.